The van der Waals surface area contributed by atoms with Crippen LogP contribution < -0.4 is 5.32 Å². The Morgan fingerprint density at radius 1 is 1.28 bits per heavy atom. The second-order valence-corrected chi connectivity index (χ2v) is 4.69. The van der Waals surface area contributed by atoms with E-state index in [9.17, 15) is 14.4 Å². The Kier molecular flexibility index (Phi) is 3.61. The summed E-state index contributed by atoms with van der Waals surface area (Å²) in [5.41, 5.74) is -0.844. The van der Waals surface area contributed by atoms with Gasteiger partial charge in [-0.25, -0.2) is 4.39 Å². The van der Waals surface area contributed by atoms with E-state index in [2.05, 4.69) is 11.4 Å². The van der Waals surface area contributed by atoms with Crippen LogP contribution in [0.5, 0.6) is 0 Å². The lowest BCUT2D eigenvalue weighted by Gasteiger charge is -2.29. The fraction of sp³-hybridized carbons (Fsp3) is 0.429. The molecule has 0 unspecified atom stereocenters. The largest absolute Gasteiger partial charge is 0.322 e. The molecule has 0 heterocycles. The monoisotopic (exact) mass is 246 g/mol. The van der Waals surface area contributed by atoms with E-state index in [-0.39, 0.29) is 11.6 Å². The van der Waals surface area contributed by atoms with Crippen LogP contribution in [0.4, 0.5) is 10.1 Å². The molecular weight excluding hydrogens is 231 g/mol. The van der Waals surface area contributed by atoms with Crippen LogP contribution in [0.25, 0.3) is 0 Å². The van der Waals surface area contributed by atoms with Gasteiger partial charge in [0, 0.05) is 0 Å². The van der Waals surface area contributed by atoms with Gasteiger partial charge < -0.3 is 5.32 Å². The maximum absolute atomic E-state index is 13.4. The lowest BCUT2D eigenvalue weighted by atomic mass is 9.74. The number of hydrogen-bond donors (Lipinski definition) is 1. The van der Waals surface area contributed by atoms with Gasteiger partial charge in [0.2, 0.25) is 5.91 Å². The molecule has 2 rings (SSSR count). The average molecular weight is 246 g/mol. The van der Waals surface area contributed by atoms with E-state index in [1.165, 1.54) is 12.1 Å². The number of para-hydroxylation sites is 1. The van der Waals surface area contributed by atoms with Crippen LogP contribution >= 0.6 is 0 Å². The Labute approximate surface area is 106 Å². The normalized spacial score (nSPS) is 17.8. The third kappa shape index (κ3) is 2.35. The molecule has 0 saturated heterocycles. The molecule has 4 heteroatoms. The summed E-state index contributed by atoms with van der Waals surface area (Å²) >= 11 is 0. The van der Waals surface area contributed by atoms with Gasteiger partial charge in [-0.15, -0.1) is 0 Å². The van der Waals surface area contributed by atoms with Gasteiger partial charge in [-0.1, -0.05) is 31.4 Å². The highest BCUT2D eigenvalue weighted by Crippen LogP contribution is 2.36. The lowest BCUT2D eigenvalue weighted by molar-refractivity contribution is -0.124. The molecule has 0 atom stereocenters. The first-order valence-corrected chi connectivity index (χ1v) is 6.15. The van der Waals surface area contributed by atoms with Crippen LogP contribution in [0.15, 0.2) is 24.3 Å². The number of rotatable bonds is 2. The molecule has 18 heavy (non-hydrogen) atoms. The number of amides is 1. The Morgan fingerprint density at radius 3 is 2.56 bits per heavy atom. The summed E-state index contributed by atoms with van der Waals surface area (Å²) in [7, 11) is 0. The highest BCUT2D eigenvalue weighted by molar-refractivity contribution is 5.97. The standard InChI is InChI=1S/C14H15FN2O/c15-11-6-2-3-7-12(11)17-13(18)14(10-16)8-4-1-5-9-14/h2-3,6-7H,1,4-5,8-9H2,(H,17,18). The molecule has 1 N–H and O–H groups in total. The summed E-state index contributed by atoms with van der Waals surface area (Å²) in [6.45, 7) is 0. The van der Waals surface area contributed by atoms with Gasteiger partial charge in [0.15, 0.2) is 0 Å². The quantitative estimate of drug-likeness (QED) is 0.870. The third-order valence-corrected chi connectivity index (χ3v) is 3.48. The zero-order valence-corrected chi connectivity index (χ0v) is 10.1. The van der Waals surface area contributed by atoms with Crippen LogP contribution in [0.2, 0.25) is 0 Å². The van der Waals surface area contributed by atoms with E-state index in [0.717, 1.165) is 19.3 Å². The first-order valence-electron chi connectivity index (χ1n) is 6.15. The van der Waals surface area contributed by atoms with Crippen molar-refractivity contribution in [3.05, 3.63) is 30.1 Å². The molecule has 1 aromatic rings. The highest BCUT2D eigenvalue weighted by atomic mass is 19.1. The predicted octanol–water partition coefficient (Wildman–Crippen LogP) is 3.24. The molecule has 1 aliphatic carbocycles. The minimum Gasteiger partial charge on any atom is -0.322 e. The van der Waals surface area contributed by atoms with Crippen molar-refractivity contribution >= 4 is 11.6 Å². The molecule has 1 aromatic carbocycles. The fourth-order valence-electron chi connectivity index (χ4n) is 2.35. The summed E-state index contributed by atoms with van der Waals surface area (Å²) in [5.74, 6) is -0.857. The van der Waals surface area contributed by atoms with Gasteiger partial charge in [0.1, 0.15) is 11.2 Å². The molecular formula is C14H15FN2O. The number of hydrogen-bond acceptors (Lipinski definition) is 2. The second-order valence-electron chi connectivity index (χ2n) is 4.69. The minimum absolute atomic E-state index is 0.141. The van der Waals surface area contributed by atoms with Gasteiger partial charge >= 0.3 is 0 Å². The number of nitrogens with zero attached hydrogens (tertiary/aromatic N) is 1. The number of carbonyl (C=O) groups is 1. The van der Waals surface area contributed by atoms with Crippen molar-refractivity contribution in [3.63, 3.8) is 0 Å². The molecule has 1 amide bonds. The van der Waals surface area contributed by atoms with Gasteiger partial charge in [-0.2, -0.15) is 5.26 Å². The average Bonchev–Trinajstić information content (AvgIpc) is 2.42. The first-order chi connectivity index (χ1) is 8.68. The van der Waals surface area contributed by atoms with Crippen molar-refractivity contribution in [3.8, 4) is 6.07 Å². The van der Waals surface area contributed by atoms with E-state index in [4.69, 9.17) is 0 Å². The van der Waals surface area contributed by atoms with E-state index in [1.807, 2.05) is 0 Å². The number of carbonyl (C=O) groups excluding carboxylic acids is 1. The number of benzene rings is 1. The molecule has 0 aromatic heterocycles. The maximum atomic E-state index is 13.4. The summed E-state index contributed by atoms with van der Waals surface area (Å²) in [6, 6.07) is 8.12. The molecule has 0 bridgehead atoms. The Hall–Kier alpha value is -1.89. The number of nitrogens with one attached hydrogen (secondary N) is 1. The smallest absolute Gasteiger partial charge is 0.244 e. The van der Waals surface area contributed by atoms with E-state index in [0.29, 0.717) is 12.8 Å². The van der Waals surface area contributed by atoms with Crippen LogP contribution in [0, 0.1) is 22.6 Å². The van der Waals surface area contributed by atoms with E-state index in [1.54, 1.807) is 12.1 Å². The van der Waals surface area contributed by atoms with E-state index < -0.39 is 11.2 Å². The van der Waals surface area contributed by atoms with Gasteiger partial charge in [-0.05, 0) is 25.0 Å². The Balaban J connectivity index is 2.16. The molecule has 1 fully saturated rings. The Bertz CT molecular complexity index is 487. The molecule has 0 aliphatic heterocycles. The van der Waals surface area contributed by atoms with Gasteiger partial charge in [-0.3, -0.25) is 4.79 Å². The minimum atomic E-state index is -0.986. The van der Waals surface area contributed by atoms with Crippen LogP contribution in [-0.4, -0.2) is 5.91 Å². The fourth-order valence-corrected chi connectivity index (χ4v) is 2.35. The zero-order chi connectivity index (χ0) is 13.0. The van der Waals surface area contributed by atoms with Crippen molar-refractivity contribution in [2.75, 3.05) is 5.32 Å². The highest BCUT2D eigenvalue weighted by Gasteiger charge is 2.40. The zero-order valence-electron chi connectivity index (χ0n) is 10.1. The predicted molar refractivity (Wildman–Crippen MR) is 66.2 cm³/mol. The molecule has 1 aliphatic rings. The number of nitriles is 1. The summed E-state index contributed by atoms with van der Waals surface area (Å²) in [6.07, 6.45) is 3.92. The van der Waals surface area contributed by atoms with Crippen LogP contribution in [0.1, 0.15) is 32.1 Å². The molecule has 0 radical (unpaired) electrons. The van der Waals surface area contributed by atoms with Gasteiger partial charge in [0.05, 0.1) is 11.8 Å². The Morgan fingerprint density at radius 2 is 1.94 bits per heavy atom. The topological polar surface area (TPSA) is 52.9 Å². The van der Waals surface area contributed by atoms with Crippen molar-refractivity contribution in [2.45, 2.75) is 32.1 Å². The molecule has 94 valence electrons. The number of halogens is 1. The first kappa shape index (κ1) is 12.6. The molecule has 0 spiro atoms. The van der Waals surface area contributed by atoms with Crippen LogP contribution in [0.3, 0.4) is 0 Å². The molecule has 1 saturated carbocycles. The van der Waals surface area contributed by atoms with Gasteiger partial charge in [0.25, 0.3) is 0 Å². The SMILES string of the molecule is N#CC1(C(=O)Nc2ccccc2F)CCCCC1. The van der Waals surface area contributed by atoms with E-state index >= 15 is 0 Å². The lowest BCUT2D eigenvalue weighted by Crippen LogP contribution is -2.37. The van der Waals surface area contributed by atoms with Crippen LogP contribution in [-0.2, 0) is 4.79 Å². The van der Waals surface area contributed by atoms with Crippen molar-refractivity contribution in [1.82, 2.24) is 0 Å². The third-order valence-electron chi connectivity index (χ3n) is 3.48. The van der Waals surface area contributed by atoms with Crippen molar-refractivity contribution < 1.29 is 9.18 Å². The maximum Gasteiger partial charge on any atom is 0.244 e. The second kappa shape index (κ2) is 5.18. The summed E-state index contributed by atoms with van der Waals surface area (Å²) < 4.78 is 13.4. The van der Waals surface area contributed by atoms with Crippen molar-refractivity contribution in [2.24, 2.45) is 5.41 Å². The summed E-state index contributed by atoms with van der Waals surface area (Å²) in [4.78, 5) is 12.2. The molecule has 3 nitrogen and oxygen atoms in total. The van der Waals surface area contributed by atoms with Crippen molar-refractivity contribution in [1.29, 1.82) is 5.26 Å². The number of anilines is 1. The summed E-state index contributed by atoms with van der Waals surface area (Å²) in [5, 5.41) is 11.8.